The number of nitrogens with zero attached hydrogens (tertiary/aromatic N) is 2. The van der Waals surface area contributed by atoms with Crippen molar-refractivity contribution in [2.75, 3.05) is 18.4 Å². The van der Waals surface area contributed by atoms with Crippen molar-refractivity contribution >= 4 is 28.8 Å². The molecule has 2 aromatic rings. The van der Waals surface area contributed by atoms with Crippen LogP contribution in [0.3, 0.4) is 0 Å². The van der Waals surface area contributed by atoms with Crippen LogP contribution in [0.5, 0.6) is 0 Å². The molecule has 0 aliphatic carbocycles. The van der Waals surface area contributed by atoms with E-state index in [0.717, 1.165) is 5.01 Å². The van der Waals surface area contributed by atoms with E-state index in [9.17, 15) is 14.0 Å². The molecule has 2 amide bonds. The van der Waals surface area contributed by atoms with Crippen molar-refractivity contribution in [3.05, 3.63) is 46.2 Å². The number of hydrogen-bond donors (Lipinski definition) is 2. The Morgan fingerprint density at radius 3 is 2.60 bits per heavy atom. The van der Waals surface area contributed by atoms with Gasteiger partial charge in [-0.15, -0.1) is 11.3 Å². The lowest BCUT2D eigenvalue weighted by Crippen LogP contribution is -2.42. The predicted molar refractivity (Wildman–Crippen MR) is 96.1 cm³/mol. The van der Waals surface area contributed by atoms with Gasteiger partial charge in [0.2, 0.25) is 5.91 Å². The highest BCUT2D eigenvalue weighted by Crippen LogP contribution is 2.14. The third kappa shape index (κ3) is 5.33. The SMILES string of the molecule is CC(C)N(CC(=O)Nc1ccc(F)cc1)C(=O)c1csc(CCN)n1. The maximum Gasteiger partial charge on any atom is 0.274 e. The minimum Gasteiger partial charge on any atom is -0.330 e. The van der Waals surface area contributed by atoms with Gasteiger partial charge in [-0.1, -0.05) is 0 Å². The average molecular weight is 364 g/mol. The molecule has 134 valence electrons. The van der Waals surface area contributed by atoms with E-state index in [1.165, 1.54) is 40.5 Å². The number of hydrogen-bond acceptors (Lipinski definition) is 5. The van der Waals surface area contributed by atoms with Crippen molar-refractivity contribution in [1.82, 2.24) is 9.88 Å². The van der Waals surface area contributed by atoms with E-state index in [1.54, 1.807) is 5.38 Å². The zero-order valence-electron chi connectivity index (χ0n) is 14.2. The van der Waals surface area contributed by atoms with E-state index >= 15 is 0 Å². The van der Waals surface area contributed by atoms with Crippen LogP contribution in [-0.4, -0.2) is 40.8 Å². The lowest BCUT2D eigenvalue weighted by molar-refractivity contribution is -0.117. The molecule has 2 rings (SSSR count). The maximum absolute atomic E-state index is 12.9. The highest BCUT2D eigenvalue weighted by molar-refractivity contribution is 7.09. The molecule has 0 radical (unpaired) electrons. The van der Waals surface area contributed by atoms with Crippen LogP contribution >= 0.6 is 11.3 Å². The number of benzene rings is 1. The molecule has 0 atom stereocenters. The zero-order chi connectivity index (χ0) is 18.4. The fourth-order valence-electron chi connectivity index (χ4n) is 2.17. The monoisotopic (exact) mass is 364 g/mol. The molecule has 0 unspecified atom stereocenters. The molecule has 0 aliphatic heterocycles. The Morgan fingerprint density at radius 1 is 1.32 bits per heavy atom. The lowest BCUT2D eigenvalue weighted by atomic mass is 10.2. The fourth-order valence-corrected chi connectivity index (χ4v) is 2.96. The van der Waals surface area contributed by atoms with Crippen molar-refractivity contribution in [1.29, 1.82) is 0 Å². The van der Waals surface area contributed by atoms with Crippen LogP contribution in [0.2, 0.25) is 0 Å². The second kappa shape index (κ2) is 8.68. The highest BCUT2D eigenvalue weighted by Gasteiger charge is 2.23. The Labute approximate surface area is 149 Å². The Kier molecular flexibility index (Phi) is 6.60. The third-order valence-electron chi connectivity index (χ3n) is 3.46. The number of nitrogens with one attached hydrogen (secondary N) is 1. The normalized spacial score (nSPS) is 10.8. The Hall–Kier alpha value is -2.32. The molecule has 0 saturated carbocycles. The van der Waals surface area contributed by atoms with E-state index in [-0.39, 0.29) is 30.2 Å². The standard InChI is InChI=1S/C17H21FN4O2S/c1-11(2)22(17(24)14-10-25-16(21-14)7-8-19)9-15(23)20-13-5-3-12(18)4-6-13/h3-6,10-11H,7-9,19H2,1-2H3,(H,20,23). The number of nitrogens with two attached hydrogens (primary N) is 1. The number of carbonyl (C=O) groups is 2. The van der Waals surface area contributed by atoms with Gasteiger partial charge in [-0.05, 0) is 44.7 Å². The highest BCUT2D eigenvalue weighted by atomic mass is 32.1. The largest absolute Gasteiger partial charge is 0.330 e. The lowest BCUT2D eigenvalue weighted by Gasteiger charge is -2.25. The number of carbonyl (C=O) groups excluding carboxylic acids is 2. The number of aromatic nitrogens is 1. The second-order valence-electron chi connectivity index (χ2n) is 5.75. The van der Waals surface area contributed by atoms with Gasteiger partial charge in [0, 0.05) is 23.5 Å². The van der Waals surface area contributed by atoms with Gasteiger partial charge >= 0.3 is 0 Å². The predicted octanol–water partition coefficient (Wildman–Crippen LogP) is 2.27. The molecule has 1 aromatic heterocycles. The van der Waals surface area contributed by atoms with Crippen LogP contribution in [0.25, 0.3) is 0 Å². The van der Waals surface area contributed by atoms with Crippen molar-refractivity contribution in [3.63, 3.8) is 0 Å². The Balaban J connectivity index is 2.04. The van der Waals surface area contributed by atoms with Gasteiger partial charge in [0.05, 0.1) is 5.01 Å². The quantitative estimate of drug-likeness (QED) is 0.789. The van der Waals surface area contributed by atoms with Gasteiger partial charge in [-0.3, -0.25) is 9.59 Å². The molecule has 0 spiro atoms. The van der Waals surface area contributed by atoms with E-state index in [0.29, 0.717) is 24.3 Å². The van der Waals surface area contributed by atoms with Crippen LogP contribution < -0.4 is 11.1 Å². The van der Waals surface area contributed by atoms with E-state index in [2.05, 4.69) is 10.3 Å². The topological polar surface area (TPSA) is 88.3 Å². The summed E-state index contributed by atoms with van der Waals surface area (Å²) in [5, 5.41) is 5.13. The van der Waals surface area contributed by atoms with Gasteiger partial charge in [-0.25, -0.2) is 9.37 Å². The molecule has 0 aliphatic rings. The number of halogens is 1. The summed E-state index contributed by atoms with van der Waals surface area (Å²) >= 11 is 1.38. The summed E-state index contributed by atoms with van der Waals surface area (Å²) in [7, 11) is 0. The zero-order valence-corrected chi connectivity index (χ0v) is 15.0. The first-order chi connectivity index (χ1) is 11.9. The molecule has 0 bridgehead atoms. The molecule has 0 saturated heterocycles. The summed E-state index contributed by atoms with van der Waals surface area (Å²) in [6.45, 7) is 4.01. The number of thiazole rings is 1. The molecule has 8 heteroatoms. The number of rotatable bonds is 7. The molecule has 1 aromatic carbocycles. The third-order valence-corrected chi connectivity index (χ3v) is 4.36. The minimum absolute atomic E-state index is 0.113. The van der Waals surface area contributed by atoms with Crippen LogP contribution in [0.4, 0.5) is 10.1 Å². The first-order valence-electron chi connectivity index (χ1n) is 7.91. The molecule has 6 nitrogen and oxygen atoms in total. The van der Waals surface area contributed by atoms with Crippen molar-refractivity contribution in [2.24, 2.45) is 5.73 Å². The van der Waals surface area contributed by atoms with Crippen molar-refractivity contribution in [2.45, 2.75) is 26.3 Å². The Morgan fingerprint density at radius 2 is 2.00 bits per heavy atom. The van der Waals surface area contributed by atoms with Gasteiger partial charge in [0.25, 0.3) is 5.91 Å². The van der Waals surface area contributed by atoms with E-state index < -0.39 is 0 Å². The Bertz CT molecular complexity index is 731. The maximum atomic E-state index is 12.9. The van der Waals surface area contributed by atoms with E-state index in [1.807, 2.05) is 13.8 Å². The first kappa shape index (κ1) is 19.0. The summed E-state index contributed by atoms with van der Waals surface area (Å²) in [5.41, 5.74) is 6.29. The summed E-state index contributed by atoms with van der Waals surface area (Å²) in [5.74, 6) is -1.04. The van der Waals surface area contributed by atoms with Crippen LogP contribution in [0, 0.1) is 5.82 Å². The van der Waals surface area contributed by atoms with Crippen LogP contribution in [0.1, 0.15) is 29.3 Å². The van der Waals surface area contributed by atoms with Gasteiger partial charge in [-0.2, -0.15) is 0 Å². The van der Waals surface area contributed by atoms with Crippen molar-refractivity contribution < 1.29 is 14.0 Å². The molecular formula is C17H21FN4O2S. The van der Waals surface area contributed by atoms with Gasteiger partial charge in [0.15, 0.2) is 0 Å². The molecular weight excluding hydrogens is 343 g/mol. The molecule has 1 heterocycles. The number of amides is 2. The summed E-state index contributed by atoms with van der Waals surface area (Å²) in [6, 6.07) is 5.28. The van der Waals surface area contributed by atoms with Crippen LogP contribution in [0.15, 0.2) is 29.6 Å². The summed E-state index contributed by atoms with van der Waals surface area (Å²) in [6.07, 6.45) is 0.616. The minimum atomic E-state index is -0.381. The first-order valence-corrected chi connectivity index (χ1v) is 8.79. The molecule has 25 heavy (non-hydrogen) atoms. The average Bonchev–Trinajstić information content (AvgIpc) is 3.03. The van der Waals surface area contributed by atoms with Crippen molar-refractivity contribution in [3.8, 4) is 0 Å². The summed E-state index contributed by atoms with van der Waals surface area (Å²) in [4.78, 5) is 30.6. The van der Waals surface area contributed by atoms with Crippen LogP contribution in [-0.2, 0) is 11.2 Å². The summed E-state index contributed by atoms with van der Waals surface area (Å²) < 4.78 is 12.9. The van der Waals surface area contributed by atoms with Gasteiger partial charge in [0.1, 0.15) is 18.1 Å². The second-order valence-corrected chi connectivity index (χ2v) is 6.69. The number of anilines is 1. The van der Waals surface area contributed by atoms with Gasteiger partial charge < -0.3 is 16.0 Å². The molecule has 0 fully saturated rings. The smallest absolute Gasteiger partial charge is 0.274 e. The van der Waals surface area contributed by atoms with E-state index in [4.69, 9.17) is 5.73 Å². The molecule has 3 N–H and O–H groups in total. The fraction of sp³-hybridized carbons (Fsp3) is 0.353.